The first kappa shape index (κ1) is 15.6. The second-order valence-electron chi connectivity index (χ2n) is 4.62. The average molecular weight is 279 g/mol. The van der Waals surface area contributed by atoms with E-state index in [-0.39, 0.29) is 29.8 Å². The van der Waals surface area contributed by atoms with Gasteiger partial charge in [-0.2, -0.15) is 0 Å². The van der Waals surface area contributed by atoms with E-state index < -0.39 is 11.9 Å². The summed E-state index contributed by atoms with van der Waals surface area (Å²) >= 11 is 0. The van der Waals surface area contributed by atoms with Crippen molar-refractivity contribution in [1.82, 2.24) is 15.2 Å². The molecular weight excluding hydrogens is 262 g/mol. The van der Waals surface area contributed by atoms with Crippen LogP contribution in [0.5, 0.6) is 0 Å². The molecule has 0 aliphatic rings. The molecule has 0 bridgehead atoms. The Labute approximate surface area is 116 Å². The largest absolute Gasteiger partial charge is 0.477 e. The number of likely N-dealkylation sites (N-methyl/N-ethyl adjacent to an activating group) is 1. The second kappa shape index (κ2) is 6.65. The Morgan fingerprint density at radius 1 is 1.35 bits per heavy atom. The number of aromatic nitrogens is 1. The molecule has 0 aliphatic carbocycles. The lowest BCUT2D eigenvalue weighted by atomic mass is 10.2. The first-order valence-electron chi connectivity index (χ1n) is 6.05. The maximum absolute atomic E-state index is 12.0. The molecule has 7 nitrogen and oxygen atoms in total. The highest BCUT2D eigenvalue weighted by Gasteiger charge is 2.16. The third-order valence-electron chi connectivity index (χ3n) is 2.41. The number of pyridine rings is 1. The van der Waals surface area contributed by atoms with Gasteiger partial charge in [0.25, 0.3) is 5.91 Å². The van der Waals surface area contributed by atoms with Gasteiger partial charge in [-0.1, -0.05) is 0 Å². The third-order valence-corrected chi connectivity index (χ3v) is 2.41. The van der Waals surface area contributed by atoms with Crippen LogP contribution in [0.4, 0.5) is 0 Å². The van der Waals surface area contributed by atoms with Gasteiger partial charge in [-0.05, 0) is 26.0 Å². The van der Waals surface area contributed by atoms with Crippen LogP contribution in [0.25, 0.3) is 0 Å². The van der Waals surface area contributed by atoms with Crippen LogP contribution in [-0.2, 0) is 4.79 Å². The number of carboxylic acids is 1. The highest BCUT2D eigenvalue weighted by molar-refractivity contribution is 5.96. The monoisotopic (exact) mass is 279 g/mol. The Bertz CT molecular complexity index is 511. The van der Waals surface area contributed by atoms with Crippen molar-refractivity contribution in [2.75, 3.05) is 13.6 Å². The molecule has 1 aromatic rings. The second-order valence-corrected chi connectivity index (χ2v) is 4.62. The summed E-state index contributed by atoms with van der Waals surface area (Å²) in [6, 6.07) is 2.62. The lowest BCUT2D eigenvalue weighted by Gasteiger charge is -2.17. The van der Waals surface area contributed by atoms with E-state index in [2.05, 4.69) is 10.3 Å². The van der Waals surface area contributed by atoms with Gasteiger partial charge in [0.15, 0.2) is 0 Å². The van der Waals surface area contributed by atoms with Gasteiger partial charge in [-0.15, -0.1) is 0 Å². The number of carbonyl (C=O) groups is 3. The fourth-order valence-corrected chi connectivity index (χ4v) is 1.52. The van der Waals surface area contributed by atoms with E-state index >= 15 is 0 Å². The van der Waals surface area contributed by atoms with Gasteiger partial charge >= 0.3 is 5.97 Å². The fraction of sp³-hybridized carbons (Fsp3) is 0.385. The summed E-state index contributed by atoms with van der Waals surface area (Å²) in [5.74, 6) is -1.81. The number of hydrogen-bond donors (Lipinski definition) is 2. The number of aromatic carboxylic acids is 1. The van der Waals surface area contributed by atoms with E-state index in [0.29, 0.717) is 0 Å². The fourth-order valence-electron chi connectivity index (χ4n) is 1.52. The van der Waals surface area contributed by atoms with Crippen LogP contribution in [0.3, 0.4) is 0 Å². The molecule has 1 heterocycles. The SMILES string of the molecule is CC(C)NC(=O)CN(C)C(=O)c1ccc(C(=O)O)nc1. The lowest BCUT2D eigenvalue weighted by molar-refractivity contribution is -0.122. The molecule has 0 saturated carbocycles. The van der Waals surface area contributed by atoms with Crippen LogP contribution >= 0.6 is 0 Å². The van der Waals surface area contributed by atoms with E-state index in [9.17, 15) is 14.4 Å². The van der Waals surface area contributed by atoms with E-state index in [0.717, 1.165) is 0 Å². The predicted molar refractivity (Wildman–Crippen MR) is 71.4 cm³/mol. The van der Waals surface area contributed by atoms with Gasteiger partial charge in [0.1, 0.15) is 5.69 Å². The standard InChI is InChI=1S/C13H17N3O4/c1-8(2)15-11(17)7-16(3)12(18)9-4-5-10(13(19)20)14-6-9/h4-6,8H,7H2,1-3H3,(H,15,17)(H,19,20). The summed E-state index contributed by atoms with van der Waals surface area (Å²) < 4.78 is 0. The zero-order chi connectivity index (χ0) is 15.3. The van der Waals surface area contributed by atoms with E-state index in [4.69, 9.17) is 5.11 Å². The minimum absolute atomic E-state index is 0.00233. The molecule has 0 aliphatic heterocycles. The van der Waals surface area contributed by atoms with Gasteiger partial charge in [0.2, 0.25) is 5.91 Å². The van der Waals surface area contributed by atoms with Crippen molar-refractivity contribution < 1.29 is 19.5 Å². The molecule has 7 heteroatoms. The topological polar surface area (TPSA) is 99.6 Å². The zero-order valence-electron chi connectivity index (χ0n) is 11.6. The van der Waals surface area contributed by atoms with Crippen molar-refractivity contribution in [1.29, 1.82) is 0 Å². The van der Waals surface area contributed by atoms with Crippen molar-refractivity contribution in [3.8, 4) is 0 Å². The molecule has 0 atom stereocenters. The van der Waals surface area contributed by atoms with Crippen molar-refractivity contribution in [2.24, 2.45) is 0 Å². The molecule has 0 saturated heterocycles. The van der Waals surface area contributed by atoms with Crippen LogP contribution in [0.2, 0.25) is 0 Å². The Morgan fingerprint density at radius 2 is 2.00 bits per heavy atom. The van der Waals surface area contributed by atoms with E-state index in [1.54, 1.807) is 0 Å². The maximum atomic E-state index is 12.0. The molecule has 0 spiro atoms. The van der Waals surface area contributed by atoms with Crippen molar-refractivity contribution >= 4 is 17.8 Å². The number of carbonyl (C=O) groups excluding carboxylic acids is 2. The number of nitrogens with zero attached hydrogens (tertiary/aromatic N) is 2. The van der Waals surface area contributed by atoms with Crippen LogP contribution in [-0.4, -0.2) is 52.4 Å². The van der Waals surface area contributed by atoms with Crippen LogP contribution in [0.1, 0.15) is 34.7 Å². The quantitative estimate of drug-likeness (QED) is 0.811. The summed E-state index contributed by atoms with van der Waals surface area (Å²) in [5, 5.41) is 11.4. The third kappa shape index (κ3) is 4.34. The first-order chi connectivity index (χ1) is 9.31. The Kier molecular flexibility index (Phi) is 5.19. The summed E-state index contributed by atoms with van der Waals surface area (Å²) in [6.45, 7) is 3.58. The summed E-state index contributed by atoms with van der Waals surface area (Å²) in [7, 11) is 1.49. The number of carboxylic acid groups (broad SMARTS) is 1. The van der Waals surface area contributed by atoms with Crippen molar-refractivity contribution in [2.45, 2.75) is 19.9 Å². The van der Waals surface area contributed by atoms with Gasteiger partial charge in [-0.25, -0.2) is 9.78 Å². The molecule has 0 radical (unpaired) electrons. The molecule has 0 fully saturated rings. The Hall–Kier alpha value is -2.44. The van der Waals surface area contributed by atoms with Gasteiger partial charge < -0.3 is 15.3 Å². The number of amides is 2. The molecule has 2 amide bonds. The van der Waals surface area contributed by atoms with Crippen LogP contribution in [0.15, 0.2) is 18.3 Å². The minimum atomic E-state index is -1.16. The normalized spacial score (nSPS) is 10.2. The van der Waals surface area contributed by atoms with Crippen LogP contribution < -0.4 is 5.32 Å². The first-order valence-corrected chi connectivity index (χ1v) is 6.05. The van der Waals surface area contributed by atoms with Gasteiger partial charge in [0.05, 0.1) is 12.1 Å². The Balaban J connectivity index is 2.69. The summed E-state index contributed by atoms with van der Waals surface area (Å²) in [6.07, 6.45) is 1.18. The van der Waals surface area contributed by atoms with E-state index in [1.807, 2.05) is 13.8 Å². The average Bonchev–Trinajstić information content (AvgIpc) is 2.36. The molecule has 108 valence electrons. The van der Waals surface area contributed by atoms with Crippen LogP contribution in [0, 0.1) is 0 Å². The lowest BCUT2D eigenvalue weighted by Crippen LogP contribution is -2.40. The predicted octanol–water partition coefficient (Wildman–Crippen LogP) is 0.376. The molecule has 0 unspecified atom stereocenters. The van der Waals surface area contributed by atoms with Gasteiger partial charge in [-0.3, -0.25) is 9.59 Å². The molecule has 2 N–H and O–H groups in total. The summed E-state index contributed by atoms with van der Waals surface area (Å²) in [4.78, 5) is 39.1. The number of nitrogens with one attached hydrogen (secondary N) is 1. The van der Waals surface area contributed by atoms with Gasteiger partial charge in [0, 0.05) is 19.3 Å². The smallest absolute Gasteiger partial charge is 0.354 e. The Morgan fingerprint density at radius 3 is 2.45 bits per heavy atom. The zero-order valence-corrected chi connectivity index (χ0v) is 11.6. The minimum Gasteiger partial charge on any atom is -0.477 e. The molecule has 1 aromatic heterocycles. The number of rotatable bonds is 5. The summed E-state index contributed by atoms with van der Waals surface area (Å²) in [5.41, 5.74) is 0.0941. The van der Waals surface area contributed by atoms with Crippen molar-refractivity contribution in [3.63, 3.8) is 0 Å². The molecular formula is C13H17N3O4. The molecule has 0 aromatic carbocycles. The maximum Gasteiger partial charge on any atom is 0.354 e. The molecule has 20 heavy (non-hydrogen) atoms. The molecule has 1 rings (SSSR count). The highest BCUT2D eigenvalue weighted by Crippen LogP contribution is 2.04. The van der Waals surface area contributed by atoms with E-state index in [1.165, 1.54) is 30.3 Å². The number of hydrogen-bond acceptors (Lipinski definition) is 4. The van der Waals surface area contributed by atoms with Crippen molar-refractivity contribution in [3.05, 3.63) is 29.6 Å². The highest BCUT2D eigenvalue weighted by atomic mass is 16.4.